The largest absolute Gasteiger partial charge is 0.469 e. The molecule has 9 unspecified atom stereocenters. The molecule has 7 aromatic rings. The molecule has 0 radical (unpaired) electrons. The number of hydrazone groups is 1. The molecule has 5 aliphatic rings. The predicted molar refractivity (Wildman–Crippen MR) is 348 cm³/mol. The number of hydrogen-bond acceptors (Lipinski definition) is 18. The first-order chi connectivity index (χ1) is 45.7. The average Bonchev–Trinajstić information content (AvgIpc) is 1.55. The lowest BCUT2D eigenvalue weighted by Gasteiger charge is -2.37. The standard InChI is InChI=1S/2C18H15S.C16H20F2N2O7S.C12H14F2O7S.C4H6N4/c2*1-4-10-16(11-5-1)19(17-12-6-2-7-13-17)18-14-8-3-9-15-18;1-6-10-8-4-9(11(10)7(2)20-19-6)13(12(8)14(21)26-3)15(22)27-5-16(17,18)28(23,24)25;1-20-10(15)8-6-2-3-7(4-6)9(8)11(16)21-5-12(13,14)22(17,18)19;1-3-5-7-4(2)8-6-3/h2*1-15H;8-10,12-13,20H,4-5H2,1-3H3,(H,23,24,25);2-3,6-9H,4-5H2,1H3,(H,17,18,19);1-2H3/q2*+1;;;. The number of ether oxygens (including phenoxy) is 4. The van der Waals surface area contributed by atoms with Gasteiger partial charge in [-0.1, -0.05) is 121 Å². The summed E-state index contributed by atoms with van der Waals surface area (Å²) in [5.41, 5.74) is 5.17. The van der Waals surface area contributed by atoms with E-state index in [4.69, 9.17) is 13.8 Å². The zero-order chi connectivity index (χ0) is 69.5. The Morgan fingerprint density at radius 2 is 0.781 bits per heavy atom. The van der Waals surface area contributed by atoms with Crippen LogP contribution in [0.25, 0.3) is 0 Å². The van der Waals surface area contributed by atoms with Crippen LogP contribution in [0.3, 0.4) is 0 Å². The van der Waals surface area contributed by atoms with Gasteiger partial charge in [-0.25, -0.2) is 0 Å². The Balaban J connectivity index is 0.000000159. The Morgan fingerprint density at radius 3 is 1.09 bits per heavy atom. The molecule has 96 heavy (non-hydrogen) atoms. The molecular formula is C68H70F4N6O14S4+2. The fourth-order valence-corrected chi connectivity index (χ4v) is 16.7. The van der Waals surface area contributed by atoms with Gasteiger partial charge in [0.05, 0.1) is 59.7 Å². The minimum Gasteiger partial charge on any atom is -0.469 e. The molecule has 0 amide bonds. The van der Waals surface area contributed by atoms with Crippen molar-refractivity contribution in [1.82, 2.24) is 25.8 Å². The monoisotopic (exact) mass is 1400 g/mol. The summed E-state index contributed by atoms with van der Waals surface area (Å²) in [4.78, 5) is 56.8. The van der Waals surface area contributed by atoms with E-state index in [1.54, 1.807) is 39.8 Å². The maximum Gasteiger partial charge on any atom is 0.402 e. The maximum absolute atomic E-state index is 13.4. The van der Waals surface area contributed by atoms with Gasteiger partial charge < -0.3 is 18.9 Å². The number of nitrogens with zero attached hydrogens (tertiary/aromatic N) is 5. The normalized spacial score (nSPS) is 21.2. The maximum atomic E-state index is 13.4. The van der Waals surface area contributed by atoms with Gasteiger partial charge in [0, 0.05) is 17.3 Å². The van der Waals surface area contributed by atoms with E-state index in [0.29, 0.717) is 30.2 Å². The van der Waals surface area contributed by atoms with Crippen molar-refractivity contribution >= 4 is 71.6 Å². The smallest absolute Gasteiger partial charge is 0.402 e. The Labute approximate surface area is 559 Å². The van der Waals surface area contributed by atoms with Gasteiger partial charge in [0.15, 0.2) is 54.2 Å². The third-order valence-corrected chi connectivity index (χ3v) is 22.5. The number of nitrogens with one attached hydrogen (secondary N) is 1. The van der Waals surface area contributed by atoms with Crippen LogP contribution in [-0.4, -0.2) is 114 Å². The molecule has 12 rings (SSSR count). The molecule has 20 nitrogen and oxygen atoms in total. The third-order valence-electron chi connectivity index (χ3n) is 16.3. The highest BCUT2D eigenvalue weighted by Crippen LogP contribution is 2.60. The molecule has 3 N–H and O–H groups in total. The Hall–Kier alpha value is -8.67. The highest BCUT2D eigenvalue weighted by molar-refractivity contribution is 7.97. The van der Waals surface area contributed by atoms with E-state index >= 15 is 0 Å². The number of aromatic nitrogens is 4. The van der Waals surface area contributed by atoms with Crippen LogP contribution < -0.4 is 5.43 Å². The SMILES string of the molecule is COC(=O)C1C2C=CC(C2)C1C(=O)OCC(F)(F)S(=O)(=O)O.COC(=O)C1C2CC(C3=C(C)NN=C(C)C32)C1C(=O)OCC(F)(F)S(=O)(=O)O.Cc1nnc(C)nn1.c1ccc([S+](c2ccccc2)c2ccccc2)cc1.c1ccc([S+](c2ccccc2)c2ccccc2)cc1. The van der Waals surface area contributed by atoms with Crippen molar-refractivity contribution in [3.63, 3.8) is 0 Å². The van der Waals surface area contributed by atoms with E-state index in [1.165, 1.54) is 29.4 Å². The van der Waals surface area contributed by atoms with E-state index in [9.17, 15) is 53.6 Å². The zero-order valence-corrected chi connectivity index (χ0v) is 55.9. The van der Waals surface area contributed by atoms with Crippen molar-refractivity contribution in [3.05, 3.63) is 217 Å². The van der Waals surface area contributed by atoms with Crippen LogP contribution >= 0.6 is 0 Å². The first kappa shape index (κ1) is 73.1. The minimum absolute atomic E-state index is 0.0146. The van der Waals surface area contributed by atoms with Gasteiger partial charge in [-0.3, -0.25) is 33.7 Å². The summed E-state index contributed by atoms with van der Waals surface area (Å²) < 4.78 is 131. The lowest BCUT2D eigenvalue weighted by Crippen LogP contribution is -2.45. The molecule has 4 aliphatic carbocycles. The van der Waals surface area contributed by atoms with E-state index in [-0.39, 0.29) is 45.5 Å². The molecule has 506 valence electrons. The molecular weight excluding hydrogens is 1330 g/mol. The second-order valence-corrected chi connectivity index (χ2v) is 29.6. The van der Waals surface area contributed by atoms with E-state index in [2.05, 4.69) is 227 Å². The van der Waals surface area contributed by atoms with Crippen LogP contribution in [-0.2, 0) is 80.2 Å². The minimum atomic E-state index is -5.74. The van der Waals surface area contributed by atoms with E-state index in [0.717, 1.165) is 25.5 Å². The Morgan fingerprint density at radius 1 is 0.479 bits per heavy atom. The van der Waals surface area contributed by atoms with Gasteiger partial charge >= 0.3 is 54.6 Å². The predicted octanol–water partition coefficient (Wildman–Crippen LogP) is 11.0. The molecule has 1 aromatic heterocycles. The fourth-order valence-electron chi connectivity index (χ4n) is 12.1. The summed E-state index contributed by atoms with van der Waals surface area (Å²) in [7, 11) is -9.14. The summed E-state index contributed by atoms with van der Waals surface area (Å²) in [5.74, 6) is -7.73. The molecule has 28 heteroatoms. The van der Waals surface area contributed by atoms with Gasteiger partial charge in [-0.2, -0.15) is 39.5 Å². The number of benzene rings is 6. The Kier molecular flexibility index (Phi) is 24.7. The van der Waals surface area contributed by atoms with Gasteiger partial charge in [0.1, 0.15) is 0 Å². The number of alkyl halides is 4. The Bertz CT molecular complexity index is 3800. The van der Waals surface area contributed by atoms with Crippen molar-refractivity contribution < 1.29 is 81.6 Å². The van der Waals surface area contributed by atoms with Crippen molar-refractivity contribution in [3.8, 4) is 0 Å². The molecule has 0 saturated heterocycles. The van der Waals surface area contributed by atoms with Crippen LogP contribution in [0.1, 0.15) is 38.3 Å². The molecule has 6 aromatic carbocycles. The van der Waals surface area contributed by atoms with E-state index < -0.39 is 97.4 Å². The topological polar surface area (TPSA) is 290 Å². The fraction of sp³-hybridized carbons (Fsp3) is 0.309. The summed E-state index contributed by atoms with van der Waals surface area (Å²) in [6.07, 6.45) is 4.38. The number of halogens is 4. The van der Waals surface area contributed by atoms with Crippen molar-refractivity contribution in [2.45, 2.75) is 80.4 Å². The quantitative estimate of drug-likeness (QED) is 0.0202. The number of carbonyl (C=O) groups excluding carboxylic acids is 4. The van der Waals surface area contributed by atoms with Crippen LogP contribution in [0.4, 0.5) is 17.6 Å². The highest BCUT2D eigenvalue weighted by atomic mass is 32.2. The van der Waals surface area contributed by atoms with Gasteiger partial charge in [0.25, 0.3) is 0 Å². The highest BCUT2D eigenvalue weighted by Gasteiger charge is 2.63. The second kappa shape index (κ2) is 32.4. The molecule has 9 atom stereocenters. The number of allylic oxidation sites excluding steroid dienone is 4. The summed E-state index contributed by atoms with van der Waals surface area (Å²) in [6, 6.07) is 64.3. The van der Waals surface area contributed by atoms with Crippen LogP contribution in [0.15, 0.2) is 240 Å². The average molecular weight is 1400 g/mol. The lowest BCUT2D eigenvalue weighted by molar-refractivity contribution is -0.165. The number of methoxy groups -OCH3 is 2. The van der Waals surface area contributed by atoms with Crippen LogP contribution in [0.2, 0.25) is 0 Å². The number of fused-ring (bicyclic) bond motifs is 7. The van der Waals surface area contributed by atoms with Crippen LogP contribution in [0, 0.1) is 67.1 Å². The van der Waals surface area contributed by atoms with Crippen molar-refractivity contribution in [2.75, 3.05) is 27.4 Å². The number of hydrogen-bond donors (Lipinski definition) is 3. The number of aryl methyl sites for hydroxylation is 2. The summed E-state index contributed by atoms with van der Waals surface area (Å²) in [5, 5.41) is 9.58. The first-order valence-electron chi connectivity index (χ1n) is 29.8. The molecule has 3 saturated carbocycles. The molecule has 3 fully saturated rings. The molecule has 0 spiro atoms. The number of carbonyl (C=O) groups is 4. The zero-order valence-electron chi connectivity index (χ0n) is 52.7. The van der Waals surface area contributed by atoms with Gasteiger partial charge in [0.2, 0.25) is 0 Å². The molecule has 2 heterocycles. The number of rotatable bonds is 16. The van der Waals surface area contributed by atoms with Crippen molar-refractivity contribution in [2.24, 2.45) is 58.4 Å². The number of esters is 4. The van der Waals surface area contributed by atoms with E-state index in [1.807, 2.05) is 0 Å². The molecule has 4 bridgehead atoms. The second-order valence-electron chi connectivity index (χ2n) is 22.5. The summed E-state index contributed by atoms with van der Waals surface area (Å²) >= 11 is 0. The van der Waals surface area contributed by atoms with Gasteiger partial charge in [-0.15, -0.1) is 20.4 Å². The van der Waals surface area contributed by atoms with Crippen molar-refractivity contribution in [1.29, 1.82) is 0 Å². The van der Waals surface area contributed by atoms with Gasteiger partial charge in [-0.05, 0) is 143 Å². The lowest BCUT2D eigenvalue weighted by atomic mass is 9.69. The molecule has 1 aliphatic heterocycles. The first-order valence-corrected chi connectivity index (χ1v) is 35.2. The third kappa shape index (κ3) is 17.7. The summed E-state index contributed by atoms with van der Waals surface area (Å²) in [6.45, 7) is 3.40. The van der Waals surface area contributed by atoms with Crippen LogP contribution in [0.5, 0.6) is 0 Å².